The van der Waals surface area contributed by atoms with Gasteiger partial charge in [-0.2, -0.15) is 0 Å². The second kappa shape index (κ2) is 3.86. The van der Waals surface area contributed by atoms with Gasteiger partial charge in [0.25, 0.3) is 0 Å². The molecular formula is C20H24N2. The molecule has 0 aliphatic carbocycles. The fraction of sp³-hybridized carbons (Fsp3) is 0.500. The molecule has 0 bridgehead atoms. The normalized spacial score (nSPS) is 32.2. The summed E-state index contributed by atoms with van der Waals surface area (Å²) in [4.78, 5) is 2.70. The quantitative estimate of drug-likeness (QED) is 0.659. The van der Waals surface area contributed by atoms with Gasteiger partial charge in [0.15, 0.2) is 0 Å². The Morgan fingerprint density at radius 1 is 1.14 bits per heavy atom. The summed E-state index contributed by atoms with van der Waals surface area (Å²) < 4.78 is 2.68. The van der Waals surface area contributed by atoms with Crippen molar-refractivity contribution in [2.75, 3.05) is 13.1 Å². The van der Waals surface area contributed by atoms with E-state index in [1.807, 2.05) is 0 Å². The van der Waals surface area contributed by atoms with Crippen molar-refractivity contribution in [2.45, 2.75) is 45.2 Å². The lowest BCUT2D eigenvalue weighted by Crippen LogP contribution is -2.53. The Labute approximate surface area is 132 Å². The Balaban J connectivity index is 1.93. The first-order chi connectivity index (χ1) is 10.5. The Morgan fingerprint density at radius 3 is 2.82 bits per heavy atom. The van der Waals surface area contributed by atoms with E-state index in [1.165, 1.54) is 30.3 Å². The average Bonchev–Trinajstić information content (AvgIpc) is 2.81. The van der Waals surface area contributed by atoms with Gasteiger partial charge in [0, 0.05) is 40.6 Å². The molecule has 22 heavy (non-hydrogen) atoms. The third kappa shape index (κ3) is 1.40. The van der Waals surface area contributed by atoms with Crippen LogP contribution in [0.25, 0.3) is 10.9 Å². The van der Waals surface area contributed by atoms with Crippen molar-refractivity contribution in [2.24, 2.45) is 5.41 Å². The van der Waals surface area contributed by atoms with Crippen molar-refractivity contribution in [1.29, 1.82) is 0 Å². The minimum Gasteiger partial charge on any atom is -0.337 e. The standard InChI is InChI=1S/C20H24N2/c1-19(2)13-20(3)10-6-11-21-12-9-15-14-7-4-5-8-16(14)22(19)17(15)18(20)21/h4-8,10,18H,9,11-13H2,1-3H3/t18-,20+/m1/s1. The Kier molecular flexibility index (Phi) is 2.27. The lowest BCUT2D eigenvalue weighted by atomic mass is 9.65. The number of benzene rings is 1. The maximum atomic E-state index is 2.70. The summed E-state index contributed by atoms with van der Waals surface area (Å²) in [5.74, 6) is 0. The van der Waals surface area contributed by atoms with Gasteiger partial charge in [-0.1, -0.05) is 37.3 Å². The van der Waals surface area contributed by atoms with E-state index in [2.05, 4.69) is 66.7 Å². The molecule has 0 N–H and O–H groups in total. The molecule has 0 spiro atoms. The van der Waals surface area contributed by atoms with Crippen molar-refractivity contribution >= 4 is 10.9 Å². The van der Waals surface area contributed by atoms with E-state index in [0.29, 0.717) is 6.04 Å². The summed E-state index contributed by atoms with van der Waals surface area (Å²) >= 11 is 0. The van der Waals surface area contributed by atoms with E-state index < -0.39 is 0 Å². The molecule has 0 unspecified atom stereocenters. The number of rotatable bonds is 0. The summed E-state index contributed by atoms with van der Waals surface area (Å²) in [7, 11) is 0. The van der Waals surface area contributed by atoms with Gasteiger partial charge < -0.3 is 4.57 Å². The summed E-state index contributed by atoms with van der Waals surface area (Å²) in [6.07, 6.45) is 7.31. The average molecular weight is 292 g/mol. The summed E-state index contributed by atoms with van der Waals surface area (Å²) in [5, 5.41) is 1.49. The summed E-state index contributed by atoms with van der Waals surface area (Å²) in [6.45, 7) is 9.62. The molecule has 0 amide bonds. The SMILES string of the molecule is CC1(C)C[C@]2(C)C=CCN3CCc4c(n1c1ccccc41)[C@@H]32. The van der Waals surface area contributed by atoms with Crippen molar-refractivity contribution in [3.05, 3.63) is 47.7 Å². The highest BCUT2D eigenvalue weighted by molar-refractivity contribution is 5.86. The molecule has 3 aliphatic rings. The topological polar surface area (TPSA) is 8.17 Å². The number of aromatic nitrogens is 1. The highest BCUT2D eigenvalue weighted by Gasteiger charge is 2.52. The molecule has 2 atom stereocenters. The van der Waals surface area contributed by atoms with E-state index in [4.69, 9.17) is 0 Å². The maximum Gasteiger partial charge on any atom is 0.0596 e. The zero-order chi connectivity index (χ0) is 15.1. The van der Waals surface area contributed by atoms with Crippen LogP contribution < -0.4 is 0 Å². The Hall–Kier alpha value is -1.54. The summed E-state index contributed by atoms with van der Waals surface area (Å²) in [6, 6.07) is 9.60. The smallest absolute Gasteiger partial charge is 0.0596 e. The Morgan fingerprint density at radius 2 is 1.95 bits per heavy atom. The van der Waals surface area contributed by atoms with E-state index in [9.17, 15) is 0 Å². The van der Waals surface area contributed by atoms with Crippen LogP contribution in [0.5, 0.6) is 0 Å². The molecule has 0 saturated heterocycles. The van der Waals surface area contributed by atoms with Crippen LogP contribution in [0.4, 0.5) is 0 Å². The highest BCUT2D eigenvalue weighted by Crippen LogP contribution is 2.57. The number of hydrogen-bond donors (Lipinski definition) is 0. The Bertz CT molecular complexity index is 810. The van der Waals surface area contributed by atoms with Gasteiger partial charge in [0.2, 0.25) is 0 Å². The number of fused-ring (bicyclic) bond motifs is 3. The molecule has 114 valence electrons. The molecule has 3 aliphatic heterocycles. The fourth-order valence-corrected chi connectivity index (χ4v) is 5.73. The predicted molar refractivity (Wildman–Crippen MR) is 91.1 cm³/mol. The van der Waals surface area contributed by atoms with Gasteiger partial charge in [-0.25, -0.2) is 0 Å². The third-order valence-corrected chi connectivity index (χ3v) is 6.18. The molecule has 2 aromatic rings. The van der Waals surface area contributed by atoms with Crippen LogP contribution in [0.2, 0.25) is 0 Å². The fourth-order valence-electron chi connectivity index (χ4n) is 5.73. The van der Waals surface area contributed by atoms with Crippen molar-refractivity contribution in [3.63, 3.8) is 0 Å². The van der Waals surface area contributed by atoms with E-state index in [1.54, 1.807) is 11.3 Å². The van der Waals surface area contributed by atoms with E-state index >= 15 is 0 Å². The predicted octanol–water partition coefficient (Wildman–Crippen LogP) is 4.26. The van der Waals surface area contributed by atoms with Gasteiger partial charge in [-0.15, -0.1) is 0 Å². The van der Waals surface area contributed by atoms with Crippen LogP contribution in [-0.2, 0) is 12.0 Å². The van der Waals surface area contributed by atoms with E-state index in [-0.39, 0.29) is 11.0 Å². The maximum absolute atomic E-state index is 2.70. The van der Waals surface area contributed by atoms with Crippen LogP contribution in [0, 0.1) is 5.41 Å². The van der Waals surface area contributed by atoms with Gasteiger partial charge in [-0.05, 0) is 38.3 Å². The molecule has 0 saturated carbocycles. The number of hydrogen-bond acceptors (Lipinski definition) is 1. The van der Waals surface area contributed by atoms with Gasteiger partial charge in [-0.3, -0.25) is 4.90 Å². The monoisotopic (exact) mass is 292 g/mol. The summed E-state index contributed by atoms with van der Waals surface area (Å²) in [5.41, 5.74) is 5.10. The van der Waals surface area contributed by atoms with Crippen molar-refractivity contribution in [1.82, 2.24) is 9.47 Å². The first kappa shape index (κ1) is 13.0. The zero-order valence-corrected chi connectivity index (χ0v) is 13.8. The van der Waals surface area contributed by atoms with Crippen LogP contribution in [0.3, 0.4) is 0 Å². The molecule has 4 heterocycles. The number of para-hydroxylation sites is 1. The number of nitrogens with zero attached hydrogens (tertiary/aromatic N) is 2. The van der Waals surface area contributed by atoms with Crippen LogP contribution in [0.15, 0.2) is 36.4 Å². The van der Waals surface area contributed by atoms with Gasteiger partial charge in [0.05, 0.1) is 6.04 Å². The zero-order valence-electron chi connectivity index (χ0n) is 13.8. The van der Waals surface area contributed by atoms with Crippen molar-refractivity contribution < 1.29 is 0 Å². The first-order valence-corrected chi connectivity index (χ1v) is 8.56. The molecule has 0 radical (unpaired) electrons. The van der Waals surface area contributed by atoms with Crippen LogP contribution in [-0.4, -0.2) is 22.6 Å². The van der Waals surface area contributed by atoms with Gasteiger partial charge >= 0.3 is 0 Å². The molecule has 2 nitrogen and oxygen atoms in total. The van der Waals surface area contributed by atoms with E-state index in [0.717, 1.165) is 6.54 Å². The molecule has 1 aromatic carbocycles. The second-order valence-corrected chi connectivity index (χ2v) is 8.26. The van der Waals surface area contributed by atoms with Gasteiger partial charge in [0.1, 0.15) is 0 Å². The molecule has 2 heteroatoms. The van der Waals surface area contributed by atoms with Crippen LogP contribution >= 0.6 is 0 Å². The molecule has 1 aromatic heterocycles. The van der Waals surface area contributed by atoms with Crippen molar-refractivity contribution in [3.8, 4) is 0 Å². The van der Waals surface area contributed by atoms with Crippen LogP contribution in [0.1, 0.15) is 44.5 Å². The molecule has 5 rings (SSSR count). The molecular weight excluding hydrogens is 268 g/mol. The largest absolute Gasteiger partial charge is 0.337 e. The first-order valence-electron chi connectivity index (χ1n) is 8.56. The highest BCUT2D eigenvalue weighted by atomic mass is 15.2. The minimum absolute atomic E-state index is 0.170. The molecule has 0 fully saturated rings. The minimum atomic E-state index is 0.170. The lowest BCUT2D eigenvalue weighted by Gasteiger charge is -2.55. The second-order valence-electron chi connectivity index (χ2n) is 8.26. The lowest BCUT2D eigenvalue weighted by molar-refractivity contribution is 0.0273. The third-order valence-electron chi connectivity index (χ3n) is 6.18.